The van der Waals surface area contributed by atoms with E-state index in [9.17, 15) is 18.0 Å². The summed E-state index contributed by atoms with van der Waals surface area (Å²) in [6.45, 7) is 4.23. The van der Waals surface area contributed by atoms with Gasteiger partial charge in [0.25, 0.3) is 0 Å². The van der Waals surface area contributed by atoms with Gasteiger partial charge in [-0.1, -0.05) is 13.8 Å². The molecule has 1 N–H and O–H groups in total. The first-order chi connectivity index (χ1) is 9.37. The maximum absolute atomic E-state index is 12.7. The fraction of sp³-hybridized carbons (Fsp3) is 0.929. The average molecular weight is 294 g/mol. The predicted molar refractivity (Wildman–Crippen MR) is 72.3 cm³/mol. The van der Waals surface area contributed by atoms with E-state index in [1.165, 1.54) is 0 Å². The Morgan fingerprint density at radius 1 is 1.25 bits per heavy atom. The van der Waals surface area contributed by atoms with Crippen molar-refractivity contribution < 1.29 is 18.0 Å². The van der Waals surface area contributed by atoms with Crippen LogP contribution in [0.5, 0.6) is 0 Å². The maximum Gasteiger partial charge on any atom is 0.406 e. The highest BCUT2D eigenvalue weighted by Gasteiger charge is 2.36. The molecule has 1 amide bonds. The van der Waals surface area contributed by atoms with Crippen LogP contribution in [0.1, 0.15) is 46.0 Å². The number of alkyl halides is 3. The highest BCUT2D eigenvalue weighted by molar-refractivity contribution is 5.76. The topological polar surface area (TPSA) is 32.3 Å². The summed E-state index contributed by atoms with van der Waals surface area (Å²) in [4.78, 5) is 13.3. The summed E-state index contributed by atoms with van der Waals surface area (Å²) in [6.07, 6.45) is -1.22. The molecule has 0 radical (unpaired) electrons. The average Bonchev–Trinajstić information content (AvgIpc) is 2.38. The Labute approximate surface area is 118 Å². The van der Waals surface area contributed by atoms with E-state index in [4.69, 9.17) is 0 Å². The van der Waals surface area contributed by atoms with Gasteiger partial charge in [0, 0.05) is 12.5 Å². The fourth-order valence-electron chi connectivity index (χ4n) is 2.79. The molecule has 0 aromatic carbocycles. The van der Waals surface area contributed by atoms with Crippen LogP contribution < -0.4 is 5.32 Å². The molecule has 6 heteroatoms. The number of hydrogen-bond donors (Lipinski definition) is 1. The van der Waals surface area contributed by atoms with Gasteiger partial charge in [-0.05, 0) is 44.7 Å². The lowest BCUT2D eigenvalue weighted by molar-refractivity contribution is -0.166. The van der Waals surface area contributed by atoms with Crippen molar-refractivity contribution in [2.24, 2.45) is 5.92 Å². The highest BCUT2D eigenvalue weighted by atomic mass is 19.4. The molecule has 1 fully saturated rings. The van der Waals surface area contributed by atoms with Crippen LogP contribution in [0.3, 0.4) is 0 Å². The first-order valence-electron chi connectivity index (χ1n) is 7.44. The second kappa shape index (κ2) is 7.86. The molecule has 0 aromatic rings. The Hall–Kier alpha value is -0.780. The number of rotatable bonds is 6. The monoisotopic (exact) mass is 294 g/mol. The molecule has 1 heterocycles. The van der Waals surface area contributed by atoms with Crippen LogP contribution in [0, 0.1) is 5.92 Å². The Balaban J connectivity index is 2.67. The Bertz CT molecular complexity index is 297. The molecule has 20 heavy (non-hydrogen) atoms. The molecule has 118 valence electrons. The molecule has 1 saturated heterocycles. The SMILES string of the molecule is CCC(CC)N(CC(F)(F)F)C(=O)CC1CCNCC1. The van der Waals surface area contributed by atoms with E-state index in [0.717, 1.165) is 30.8 Å². The molecule has 0 saturated carbocycles. The minimum absolute atomic E-state index is 0.217. The van der Waals surface area contributed by atoms with Gasteiger partial charge in [-0.25, -0.2) is 0 Å². The number of hydrogen-bond acceptors (Lipinski definition) is 2. The summed E-state index contributed by atoms with van der Waals surface area (Å²) >= 11 is 0. The van der Waals surface area contributed by atoms with Crippen molar-refractivity contribution >= 4 is 5.91 Å². The molecular formula is C14H25F3N2O. The van der Waals surface area contributed by atoms with Gasteiger partial charge in [0.15, 0.2) is 0 Å². The highest BCUT2D eigenvalue weighted by Crippen LogP contribution is 2.24. The van der Waals surface area contributed by atoms with Crippen LogP contribution in [0.2, 0.25) is 0 Å². The Kier molecular flexibility index (Phi) is 6.79. The first kappa shape index (κ1) is 17.3. The van der Waals surface area contributed by atoms with Crippen molar-refractivity contribution in [2.75, 3.05) is 19.6 Å². The summed E-state index contributed by atoms with van der Waals surface area (Å²) < 4.78 is 38.0. The second-order valence-electron chi connectivity index (χ2n) is 5.50. The van der Waals surface area contributed by atoms with Gasteiger partial charge < -0.3 is 10.2 Å². The van der Waals surface area contributed by atoms with Gasteiger partial charge in [-0.3, -0.25) is 4.79 Å². The number of nitrogens with zero attached hydrogens (tertiary/aromatic N) is 1. The maximum atomic E-state index is 12.7. The van der Waals surface area contributed by atoms with Crippen molar-refractivity contribution in [1.82, 2.24) is 10.2 Å². The molecule has 1 rings (SSSR count). The Morgan fingerprint density at radius 2 is 1.80 bits per heavy atom. The smallest absolute Gasteiger partial charge is 0.331 e. The molecule has 0 unspecified atom stereocenters. The molecule has 3 nitrogen and oxygen atoms in total. The normalized spacial score (nSPS) is 17.5. The second-order valence-corrected chi connectivity index (χ2v) is 5.50. The largest absolute Gasteiger partial charge is 0.406 e. The first-order valence-corrected chi connectivity index (χ1v) is 7.44. The quantitative estimate of drug-likeness (QED) is 0.817. The van der Waals surface area contributed by atoms with Gasteiger partial charge in [0.1, 0.15) is 6.54 Å². The molecule has 1 aliphatic heterocycles. The standard InChI is InChI=1S/C14H25F3N2O/c1-3-12(4-2)19(10-14(15,16)17)13(20)9-11-5-7-18-8-6-11/h11-12,18H,3-10H2,1-2H3. The van der Waals surface area contributed by atoms with Crippen LogP contribution >= 0.6 is 0 Å². The van der Waals surface area contributed by atoms with Crippen LogP contribution in [0.25, 0.3) is 0 Å². The van der Waals surface area contributed by atoms with E-state index in [2.05, 4.69) is 5.32 Å². The van der Waals surface area contributed by atoms with Crippen molar-refractivity contribution in [2.45, 2.75) is 58.2 Å². The Morgan fingerprint density at radius 3 is 2.25 bits per heavy atom. The molecule has 0 spiro atoms. The van der Waals surface area contributed by atoms with Gasteiger partial charge in [0.05, 0.1) is 0 Å². The van der Waals surface area contributed by atoms with Crippen molar-refractivity contribution in [3.8, 4) is 0 Å². The third-order valence-corrected chi connectivity index (χ3v) is 3.98. The van der Waals surface area contributed by atoms with E-state index >= 15 is 0 Å². The van der Waals surface area contributed by atoms with Crippen molar-refractivity contribution in [3.63, 3.8) is 0 Å². The van der Waals surface area contributed by atoms with E-state index in [1.807, 2.05) is 13.8 Å². The van der Waals surface area contributed by atoms with Gasteiger partial charge >= 0.3 is 6.18 Å². The zero-order chi connectivity index (χ0) is 15.2. The predicted octanol–water partition coefficient (Wildman–Crippen LogP) is 2.96. The summed E-state index contributed by atoms with van der Waals surface area (Å²) in [5.41, 5.74) is 0. The summed E-state index contributed by atoms with van der Waals surface area (Å²) in [5.74, 6) is -0.128. The van der Waals surface area contributed by atoms with Gasteiger partial charge in [-0.2, -0.15) is 13.2 Å². The van der Waals surface area contributed by atoms with E-state index in [0.29, 0.717) is 12.8 Å². The van der Waals surface area contributed by atoms with E-state index in [-0.39, 0.29) is 24.3 Å². The number of nitrogens with one attached hydrogen (secondary N) is 1. The minimum Gasteiger partial charge on any atom is -0.331 e. The van der Waals surface area contributed by atoms with Gasteiger partial charge in [-0.15, -0.1) is 0 Å². The summed E-state index contributed by atoms with van der Waals surface area (Å²) in [7, 11) is 0. The third-order valence-electron chi connectivity index (χ3n) is 3.98. The third kappa shape index (κ3) is 5.69. The van der Waals surface area contributed by atoms with E-state index in [1.54, 1.807) is 0 Å². The zero-order valence-corrected chi connectivity index (χ0v) is 12.3. The van der Waals surface area contributed by atoms with Gasteiger partial charge in [0.2, 0.25) is 5.91 Å². The lowest BCUT2D eigenvalue weighted by atomic mass is 9.93. The number of carbonyl (C=O) groups excluding carboxylic acids is 1. The lowest BCUT2D eigenvalue weighted by Crippen LogP contribution is -2.46. The van der Waals surface area contributed by atoms with Crippen LogP contribution in [-0.2, 0) is 4.79 Å². The summed E-state index contributed by atoms with van der Waals surface area (Å²) in [5, 5.41) is 3.20. The molecule has 1 aliphatic rings. The van der Waals surface area contributed by atoms with Crippen molar-refractivity contribution in [1.29, 1.82) is 0 Å². The van der Waals surface area contributed by atoms with Crippen LogP contribution in [0.4, 0.5) is 13.2 Å². The zero-order valence-electron chi connectivity index (χ0n) is 12.3. The molecule has 0 aliphatic carbocycles. The molecule has 0 aromatic heterocycles. The van der Waals surface area contributed by atoms with Crippen molar-refractivity contribution in [3.05, 3.63) is 0 Å². The molecule has 0 atom stereocenters. The molecular weight excluding hydrogens is 269 g/mol. The van der Waals surface area contributed by atoms with Crippen LogP contribution in [0.15, 0.2) is 0 Å². The lowest BCUT2D eigenvalue weighted by Gasteiger charge is -2.33. The number of halogens is 3. The number of piperidine rings is 1. The summed E-state index contributed by atoms with van der Waals surface area (Å²) in [6, 6.07) is -0.314. The fourth-order valence-corrected chi connectivity index (χ4v) is 2.79. The number of amides is 1. The van der Waals surface area contributed by atoms with Crippen LogP contribution in [-0.4, -0.2) is 42.7 Å². The molecule has 0 bridgehead atoms. The minimum atomic E-state index is -4.33. The van der Waals surface area contributed by atoms with E-state index < -0.39 is 12.7 Å². The number of carbonyl (C=O) groups is 1.